The summed E-state index contributed by atoms with van der Waals surface area (Å²) in [5.74, 6) is -3.72. The number of halogens is 2. The van der Waals surface area contributed by atoms with Crippen LogP contribution >= 0.6 is 0 Å². The molecule has 2 rings (SSSR count). The highest BCUT2D eigenvalue weighted by Gasteiger charge is 2.24. The summed E-state index contributed by atoms with van der Waals surface area (Å²) in [6.45, 7) is 0. The largest absolute Gasteiger partial charge is 0.478 e. The Bertz CT molecular complexity index is 683. The van der Waals surface area contributed by atoms with Crippen molar-refractivity contribution in [3.8, 4) is 5.69 Å². The zero-order valence-electron chi connectivity index (χ0n) is 9.08. The summed E-state index contributed by atoms with van der Waals surface area (Å²) in [6.07, 6.45) is 1.83. The van der Waals surface area contributed by atoms with Gasteiger partial charge in [0, 0.05) is 18.3 Å². The Kier molecular flexibility index (Phi) is 2.95. The van der Waals surface area contributed by atoms with Gasteiger partial charge in [0.05, 0.1) is 16.7 Å². The molecule has 0 aliphatic carbocycles. The molecular formula is C10H5F2N3O4. The first-order valence-electron chi connectivity index (χ1n) is 4.82. The Balaban J connectivity index is 2.66. The van der Waals surface area contributed by atoms with Crippen molar-refractivity contribution in [2.45, 2.75) is 0 Å². The molecule has 0 saturated heterocycles. The lowest BCUT2D eigenvalue weighted by Crippen LogP contribution is -2.04. The first-order chi connectivity index (χ1) is 8.90. The van der Waals surface area contributed by atoms with Crippen LogP contribution in [0.2, 0.25) is 0 Å². The minimum Gasteiger partial charge on any atom is -0.478 e. The number of carboxylic acid groups (broad SMARTS) is 1. The summed E-state index contributed by atoms with van der Waals surface area (Å²) in [5.41, 5.74) is -1.74. The predicted molar refractivity (Wildman–Crippen MR) is 57.1 cm³/mol. The molecule has 98 valence electrons. The standard InChI is InChI=1S/C10H5F2N3O4/c11-6-1-7(12)9(15(18)19)8(2-6)14-4-5(3-13-14)10(16)17/h1-4H,(H,16,17). The van der Waals surface area contributed by atoms with Crippen LogP contribution in [0.15, 0.2) is 24.5 Å². The van der Waals surface area contributed by atoms with E-state index < -0.39 is 33.9 Å². The summed E-state index contributed by atoms with van der Waals surface area (Å²) < 4.78 is 27.2. The van der Waals surface area contributed by atoms with Gasteiger partial charge in [0.15, 0.2) is 0 Å². The van der Waals surface area contributed by atoms with E-state index >= 15 is 0 Å². The molecule has 9 heteroatoms. The van der Waals surface area contributed by atoms with E-state index in [-0.39, 0.29) is 5.56 Å². The average Bonchev–Trinajstić information content (AvgIpc) is 2.76. The Morgan fingerprint density at radius 3 is 2.63 bits per heavy atom. The van der Waals surface area contributed by atoms with E-state index in [1.165, 1.54) is 0 Å². The maximum absolute atomic E-state index is 13.4. The van der Waals surface area contributed by atoms with Crippen LogP contribution in [0.3, 0.4) is 0 Å². The fourth-order valence-corrected chi connectivity index (χ4v) is 1.47. The van der Waals surface area contributed by atoms with E-state index in [1.54, 1.807) is 0 Å². The second kappa shape index (κ2) is 4.44. The number of hydrogen-bond donors (Lipinski definition) is 1. The van der Waals surface area contributed by atoms with Crippen LogP contribution in [0, 0.1) is 21.7 Å². The molecule has 0 aliphatic rings. The van der Waals surface area contributed by atoms with Crippen LogP contribution in [0.1, 0.15) is 10.4 Å². The number of carboxylic acids is 1. The van der Waals surface area contributed by atoms with E-state index in [0.717, 1.165) is 17.1 Å². The molecular weight excluding hydrogens is 264 g/mol. The van der Waals surface area contributed by atoms with Crippen molar-refractivity contribution in [3.63, 3.8) is 0 Å². The van der Waals surface area contributed by atoms with E-state index in [1.807, 2.05) is 0 Å². The van der Waals surface area contributed by atoms with Crippen LogP contribution in [-0.2, 0) is 0 Å². The van der Waals surface area contributed by atoms with Crippen molar-refractivity contribution < 1.29 is 23.6 Å². The second-order valence-electron chi connectivity index (χ2n) is 3.49. The molecule has 7 nitrogen and oxygen atoms in total. The number of nitro benzene ring substituents is 1. The average molecular weight is 269 g/mol. The van der Waals surface area contributed by atoms with Gasteiger partial charge in [-0.25, -0.2) is 13.9 Å². The lowest BCUT2D eigenvalue weighted by Gasteiger charge is -2.03. The molecule has 0 amide bonds. The molecule has 1 aromatic heterocycles. The highest BCUT2D eigenvalue weighted by Crippen LogP contribution is 2.27. The Morgan fingerprint density at radius 2 is 2.11 bits per heavy atom. The minimum atomic E-state index is -1.37. The van der Waals surface area contributed by atoms with E-state index in [0.29, 0.717) is 12.1 Å². The van der Waals surface area contributed by atoms with Crippen molar-refractivity contribution in [2.24, 2.45) is 0 Å². The summed E-state index contributed by atoms with van der Waals surface area (Å²) >= 11 is 0. The molecule has 1 N–H and O–H groups in total. The molecule has 0 atom stereocenters. The lowest BCUT2D eigenvalue weighted by atomic mass is 10.2. The van der Waals surface area contributed by atoms with Gasteiger partial charge in [0.1, 0.15) is 11.5 Å². The molecule has 0 unspecified atom stereocenters. The highest BCUT2D eigenvalue weighted by atomic mass is 19.1. The Hall–Kier alpha value is -2.84. The first-order valence-corrected chi connectivity index (χ1v) is 4.82. The van der Waals surface area contributed by atoms with Crippen molar-refractivity contribution in [1.82, 2.24) is 9.78 Å². The number of nitro groups is 1. The van der Waals surface area contributed by atoms with E-state index in [2.05, 4.69) is 5.10 Å². The normalized spacial score (nSPS) is 10.4. The van der Waals surface area contributed by atoms with Gasteiger partial charge in [0.2, 0.25) is 5.82 Å². The molecule has 0 spiro atoms. The summed E-state index contributed by atoms with van der Waals surface area (Å²) in [7, 11) is 0. The summed E-state index contributed by atoms with van der Waals surface area (Å²) in [5, 5.41) is 23.0. The van der Waals surface area contributed by atoms with Crippen molar-refractivity contribution in [1.29, 1.82) is 0 Å². The number of carbonyl (C=O) groups is 1. The van der Waals surface area contributed by atoms with Gasteiger partial charge in [-0.15, -0.1) is 0 Å². The molecule has 1 heterocycles. The van der Waals surface area contributed by atoms with Crippen LogP contribution in [-0.4, -0.2) is 25.8 Å². The predicted octanol–water partition coefficient (Wildman–Crippen LogP) is 1.76. The third-order valence-electron chi connectivity index (χ3n) is 2.27. The van der Waals surface area contributed by atoms with Gasteiger partial charge < -0.3 is 5.11 Å². The van der Waals surface area contributed by atoms with Gasteiger partial charge in [-0.05, 0) is 0 Å². The lowest BCUT2D eigenvalue weighted by molar-refractivity contribution is -0.387. The SMILES string of the molecule is O=C(O)c1cnn(-c2cc(F)cc(F)c2[N+](=O)[O-])c1. The fraction of sp³-hybridized carbons (Fsp3) is 0. The van der Waals surface area contributed by atoms with Gasteiger partial charge >= 0.3 is 11.7 Å². The summed E-state index contributed by atoms with van der Waals surface area (Å²) in [6, 6.07) is 1.06. The molecule has 1 aromatic carbocycles. The number of hydrogen-bond acceptors (Lipinski definition) is 4. The van der Waals surface area contributed by atoms with E-state index in [4.69, 9.17) is 5.11 Å². The van der Waals surface area contributed by atoms with Gasteiger partial charge in [-0.2, -0.15) is 9.49 Å². The Morgan fingerprint density at radius 1 is 1.42 bits per heavy atom. The molecule has 19 heavy (non-hydrogen) atoms. The number of aromatic carboxylic acids is 1. The van der Waals surface area contributed by atoms with Crippen molar-refractivity contribution in [3.05, 3.63) is 51.8 Å². The van der Waals surface area contributed by atoms with Crippen LogP contribution in [0.4, 0.5) is 14.5 Å². The second-order valence-corrected chi connectivity index (χ2v) is 3.49. The molecule has 0 radical (unpaired) electrons. The van der Waals surface area contributed by atoms with E-state index in [9.17, 15) is 23.7 Å². The van der Waals surface area contributed by atoms with Crippen molar-refractivity contribution >= 4 is 11.7 Å². The molecule has 0 bridgehead atoms. The minimum absolute atomic E-state index is 0.265. The zero-order chi connectivity index (χ0) is 14.2. The molecule has 2 aromatic rings. The monoisotopic (exact) mass is 269 g/mol. The maximum Gasteiger partial charge on any atom is 0.338 e. The maximum atomic E-state index is 13.4. The van der Waals surface area contributed by atoms with Gasteiger partial charge in [-0.3, -0.25) is 10.1 Å². The number of aromatic nitrogens is 2. The van der Waals surface area contributed by atoms with Gasteiger partial charge in [0.25, 0.3) is 0 Å². The van der Waals surface area contributed by atoms with Gasteiger partial charge in [-0.1, -0.05) is 0 Å². The number of rotatable bonds is 3. The number of benzene rings is 1. The first kappa shape index (κ1) is 12.6. The zero-order valence-corrected chi connectivity index (χ0v) is 9.08. The third kappa shape index (κ3) is 2.25. The number of nitrogens with zero attached hydrogens (tertiary/aromatic N) is 3. The topological polar surface area (TPSA) is 98.3 Å². The quantitative estimate of drug-likeness (QED) is 0.676. The highest BCUT2D eigenvalue weighted by molar-refractivity contribution is 5.87. The van der Waals surface area contributed by atoms with Crippen molar-refractivity contribution in [2.75, 3.05) is 0 Å². The Labute approximate surface area is 103 Å². The third-order valence-corrected chi connectivity index (χ3v) is 2.27. The molecule has 0 fully saturated rings. The molecule has 0 saturated carbocycles. The van der Waals surface area contributed by atoms with Crippen LogP contribution in [0.5, 0.6) is 0 Å². The fourth-order valence-electron chi connectivity index (χ4n) is 1.47. The van der Waals surface area contributed by atoms with Crippen LogP contribution < -0.4 is 0 Å². The molecule has 0 aliphatic heterocycles. The van der Waals surface area contributed by atoms with Crippen LogP contribution in [0.25, 0.3) is 5.69 Å². The summed E-state index contributed by atoms with van der Waals surface area (Å²) in [4.78, 5) is 20.4. The smallest absolute Gasteiger partial charge is 0.338 e.